The Morgan fingerprint density at radius 2 is 2.00 bits per heavy atom. The second-order valence-electron chi connectivity index (χ2n) is 3.77. The minimum absolute atomic E-state index is 0.150. The Kier molecular flexibility index (Phi) is 3.50. The smallest absolute Gasteiger partial charge is 0.227 e. The van der Waals surface area contributed by atoms with E-state index in [9.17, 15) is 4.79 Å². The number of benzene rings is 1. The van der Waals surface area contributed by atoms with Crippen molar-refractivity contribution in [3.63, 3.8) is 0 Å². The Labute approximate surface area is 112 Å². The first-order valence-electron chi connectivity index (χ1n) is 5.00. The van der Waals surface area contributed by atoms with Crippen molar-refractivity contribution in [3.05, 3.63) is 39.8 Å². The summed E-state index contributed by atoms with van der Waals surface area (Å²) in [5.74, 6) is 0.406. The number of hydrogen-bond donors (Lipinski definition) is 0. The van der Waals surface area contributed by atoms with E-state index in [1.54, 1.807) is 4.90 Å². The lowest BCUT2D eigenvalue weighted by molar-refractivity contribution is -0.117. The van der Waals surface area contributed by atoms with E-state index in [1.165, 1.54) is 0 Å². The van der Waals surface area contributed by atoms with Crippen molar-refractivity contribution < 1.29 is 4.79 Å². The highest BCUT2D eigenvalue weighted by molar-refractivity contribution is 9.11. The summed E-state index contributed by atoms with van der Waals surface area (Å²) in [6.45, 7) is 4.46. The molecule has 1 aliphatic rings. The number of para-hydroxylation sites is 1. The zero-order chi connectivity index (χ0) is 11.7. The first-order chi connectivity index (χ1) is 7.63. The summed E-state index contributed by atoms with van der Waals surface area (Å²) in [5, 5.41) is 0. The molecule has 1 aromatic carbocycles. The summed E-state index contributed by atoms with van der Waals surface area (Å²) in [6, 6.07) is 5.81. The molecule has 2 nitrogen and oxygen atoms in total. The minimum atomic E-state index is 0.150. The molecule has 1 aliphatic heterocycles. The largest absolute Gasteiger partial charge is 0.310 e. The van der Waals surface area contributed by atoms with Crippen LogP contribution in [0.4, 0.5) is 5.69 Å². The van der Waals surface area contributed by atoms with E-state index in [-0.39, 0.29) is 11.8 Å². The van der Waals surface area contributed by atoms with E-state index >= 15 is 0 Å². The Hall–Kier alpha value is -0.610. The van der Waals surface area contributed by atoms with Crippen LogP contribution in [0.15, 0.2) is 39.8 Å². The second kappa shape index (κ2) is 4.72. The zero-order valence-electron chi connectivity index (χ0n) is 8.62. The van der Waals surface area contributed by atoms with Crippen LogP contribution in [0.3, 0.4) is 0 Å². The monoisotopic (exact) mass is 343 g/mol. The maximum absolute atomic E-state index is 11.9. The van der Waals surface area contributed by atoms with Crippen LogP contribution in [0.5, 0.6) is 0 Å². The molecule has 0 N–H and O–H groups in total. The molecule has 0 spiro atoms. The summed E-state index contributed by atoms with van der Waals surface area (Å²) in [6.07, 6.45) is 2.40. The van der Waals surface area contributed by atoms with Crippen molar-refractivity contribution in [1.29, 1.82) is 0 Å². The molecule has 0 radical (unpaired) electrons. The van der Waals surface area contributed by atoms with Crippen LogP contribution < -0.4 is 4.90 Å². The molecule has 1 fully saturated rings. The third-order valence-electron chi connectivity index (χ3n) is 2.70. The van der Waals surface area contributed by atoms with Crippen LogP contribution in [0.1, 0.15) is 6.42 Å². The van der Waals surface area contributed by atoms with E-state index < -0.39 is 0 Å². The Bertz CT molecular complexity index is 424. The van der Waals surface area contributed by atoms with Crippen LogP contribution in [-0.2, 0) is 4.79 Å². The van der Waals surface area contributed by atoms with Crippen LogP contribution in [-0.4, -0.2) is 12.5 Å². The Morgan fingerprint density at radius 1 is 1.38 bits per heavy atom. The van der Waals surface area contributed by atoms with Gasteiger partial charge < -0.3 is 4.90 Å². The van der Waals surface area contributed by atoms with Crippen LogP contribution >= 0.6 is 31.9 Å². The lowest BCUT2D eigenvalue weighted by atomic mass is 10.1. The molecule has 16 heavy (non-hydrogen) atoms. The van der Waals surface area contributed by atoms with E-state index in [2.05, 4.69) is 38.4 Å². The molecule has 1 aromatic rings. The van der Waals surface area contributed by atoms with E-state index in [4.69, 9.17) is 0 Å². The van der Waals surface area contributed by atoms with Gasteiger partial charge in [0.15, 0.2) is 0 Å². The van der Waals surface area contributed by atoms with Crippen LogP contribution in [0, 0.1) is 5.92 Å². The van der Waals surface area contributed by atoms with Gasteiger partial charge in [-0.15, -0.1) is 6.58 Å². The summed E-state index contributed by atoms with van der Waals surface area (Å²) in [5.41, 5.74) is 0.914. The molecule has 1 amide bonds. The number of hydrogen-bond acceptors (Lipinski definition) is 1. The topological polar surface area (TPSA) is 20.3 Å². The Balaban J connectivity index is 2.38. The predicted octanol–water partition coefficient (Wildman–Crippen LogP) is 3.75. The maximum atomic E-state index is 11.9. The van der Waals surface area contributed by atoms with Crippen molar-refractivity contribution >= 4 is 43.5 Å². The van der Waals surface area contributed by atoms with Crippen molar-refractivity contribution in [2.24, 2.45) is 5.92 Å². The summed E-state index contributed by atoms with van der Waals surface area (Å²) in [7, 11) is 0. The number of rotatable bonds is 2. The van der Waals surface area contributed by atoms with Crippen LogP contribution in [0.25, 0.3) is 0 Å². The standard InChI is InChI=1S/C12H11Br2NO/c1-2-8-6-11(16)15(7-8)12-9(13)4-3-5-10(12)14/h2-5,8H,1,6-7H2. The molecule has 0 bridgehead atoms. The first kappa shape index (κ1) is 11.9. The first-order valence-corrected chi connectivity index (χ1v) is 6.59. The third-order valence-corrected chi connectivity index (χ3v) is 3.98. The molecular formula is C12H11Br2NO. The predicted molar refractivity (Wildman–Crippen MR) is 72.5 cm³/mol. The fraction of sp³-hybridized carbons (Fsp3) is 0.250. The van der Waals surface area contributed by atoms with Crippen LogP contribution in [0.2, 0.25) is 0 Å². The molecule has 0 saturated carbocycles. The third kappa shape index (κ3) is 2.09. The van der Waals surface area contributed by atoms with E-state index in [0.29, 0.717) is 13.0 Å². The van der Waals surface area contributed by atoms with Crippen molar-refractivity contribution in [1.82, 2.24) is 0 Å². The van der Waals surface area contributed by atoms with Gasteiger partial charge >= 0.3 is 0 Å². The highest BCUT2D eigenvalue weighted by atomic mass is 79.9. The molecule has 0 aliphatic carbocycles. The van der Waals surface area contributed by atoms with Gasteiger partial charge in [-0.25, -0.2) is 0 Å². The minimum Gasteiger partial charge on any atom is -0.310 e. The fourth-order valence-electron chi connectivity index (χ4n) is 1.86. The van der Waals surface area contributed by atoms with Gasteiger partial charge in [0.25, 0.3) is 0 Å². The molecule has 0 aromatic heterocycles. The van der Waals surface area contributed by atoms with Gasteiger partial charge in [0.05, 0.1) is 5.69 Å². The van der Waals surface area contributed by atoms with Gasteiger partial charge in [0.2, 0.25) is 5.91 Å². The van der Waals surface area contributed by atoms with Crippen molar-refractivity contribution in [2.75, 3.05) is 11.4 Å². The number of halogens is 2. The fourth-order valence-corrected chi connectivity index (χ4v) is 3.28. The lowest BCUT2D eigenvalue weighted by Gasteiger charge is -2.19. The number of amides is 1. The number of carbonyl (C=O) groups excluding carboxylic acids is 1. The summed E-state index contributed by atoms with van der Waals surface area (Å²) in [4.78, 5) is 13.7. The highest BCUT2D eigenvalue weighted by Crippen LogP contribution is 2.37. The molecule has 2 rings (SSSR count). The molecule has 1 saturated heterocycles. The summed E-state index contributed by atoms with van der Waals surface area (Å²) < 4.78 is 1.86. The second-order valence-corrected chi connectivity index (χ2v) is 5.48. The highest BCUT2D eigenvalue weighted by Gasteiger charge is 2.30. The maximum Gasteiger partial charge on any atom is 0.227 e. The average molecular weight is 345 g/mol. The normalized spacial score (nSPS) is 20.2. The number of carbonyl (C=O) groups is 1. The van der Waals surface area contributed by atoms with Gasteiger partial charge in [-0.3, -0.25) is 4.79 Å². The molecular weight excluding hydrogens is 334 g/mol. The van der Waals surface area contributed by atoms with Gasteiger partial charge in [0.1, 0.15) is 0 Å². The Morgan fingerprint density at radius 3 is 2.50 bits per heavy atom. The molecule has 1 heterocycles. The summed E-state index contributed by atoms with van der Waals surface area (Å²) >= 11 is 6.95. The van der Waals surface area contributed by atoms with Gasteiger partial charge in [0, 0.05) is 27.8 Å². The van der Waals surface area contributed by atoms with Crippen molar-refractivity contribution in [2.45, 2.75) is 6.42 Å². The van der Waals surface area contributed by atoms with Gasteiger partial charge in [-0.05, 0) is 44.0 Å². The molecule has 1 unspecified atom stereocenters. The number of anilines is 1. The van der Waals surface area contributed by atoms with E-state index in [1.807, 2.05) is 24.3 Å². The van der Waals surface area contributed by atoms with Gasteiger partial charge in [-0.2, -0.15) is 0 Å². The van der Waals surface area contributed by atoms with Crippen molar-refractivity contribution in [3.8, 4) is 0 Å². The average Bonchev–Trinajstić information content (AvgIpc) is 2.60. The lowest BCUT2D eigenvalue weighted by Crippen LogP contribution is -2.25. The molecule has 84 valence electrons. The SMILES string of the molecule is C=CC1CC(=O)N(c2c(Br)cccc2Br)C1. The van der Waals surface area contributed by atoms with E-state index in [0.717, 1.165) is 14.6 Å². The van der Waals surface area contributed by atoms with Gasteiger partial charge in [-0.1, -0.05) is 12.1 Å². The zero-order valence-corrected chi connectivity index (χ0v) is 11.8. The molecule has 4 heteroatoms. The number of nitrogens with zero attached hydrogens (tertiary/aromatic N) is 1. The quantitative estimate of drug-likeness (QED) is 0.748. The molecule has 1 atom stereocenters.